The molecule has 0 bridgehead atoms. The van der Waals surface area contributed by atoms with Crippen molar-refractivity contribution >= 4 is 0 Å². The Morgan fingerprint density at radius 3 is 2.19 bits per heavy atom. The van der Waals surface area contributed by atoms with Crippen molar-refractivity contribution in [3.05, 3.63) is 12.2 Å². The largest absolute Gasteiger partial charge is 0.381 e. The molecule has 0 radical (unpaired) electrons. The maximum Gasteiger partial charge on any atom is 0.0486 e. The van der Waals surface area contributed by atoms with Crippen molar-refractivity contribution < 1.29 is 4.74 Å². The summed E-state index contributed by atoms with van der Waals surface area (Å²) in [5.41, 5.74) is 1.54. The highest BCUT2D eigenvalue weighted by Crippen LogP contribution is 2.34. The minimum Gasteiger partial charge on any atom is -0.381 e. The van der Waals surface area contributed by atoms with Gasteiger partial charge in [0.2, 0.25) is 0 Å². The molecule has 2 aliphatic rings. The fourth-order valence-electron chi connectivity index (χ4n) is 2.96. The summed E-state index contributed by atoms with van der Waals surface area (Å²) < 4.78 is 5.51. The summed E-state index contributed by atoms with van der Waals surface area (Å²) in [6.45, 7) is 12.9. The molecule has 0 N–H and O–H groups in total. The lowest BCUT2D eigenvalue weighted by Gasteiger charge is -2.49. The van der Waals surface area contributed by atoms with Crippen molar-refractivity contribution in [2.75, 3.05) is 46.4 Å². The van der Waals surface area contributed by atoms with Crippen LogP contribution in [0.3, 0.4) is 0 Å². The molecule has 0 aromatic heterocycles. The van der Waals surface area contributed by atoms with Gasteiger partial charge in [-0.05, 0) is 26.8 Å². The van der Waals surface area contributed by atoms with Crippen LogP contribution in [-0.4, -0.2) is 61.8 Å². The van der Waals surface area contributed by atoms with Gasteiger partial charge in [-0.2, -0.15) is 0 Å². The van der Waals surface area contributed by atoms with E-state index >= 15 is 0 Å². The molecular weight excluding hydrogens is 200 g/mol. The Hall–Kier alpha value is -0.380. The number of likely N-dealkylation sites (N-methyl/N-ethyl adjacent to an activating group) is 1. The van der Waals surface area contributed by atoms with Crippen LogP contribution in [0.2, 0.25) is 0 Å². The predicted octanol–water partition coefficient (Wildman–Crippen LogP) is 1.36. The summed E-state index contributed by atoms with van der Waals surface area (Å²) in [6.07, 6.45) is 2.23. The van der Waals surface area contributed by atoms with Crippen molar-refractivity contribution in [1.82, 2.24) is 9.80 Å². The second-order valence-electron chi connectivity index (χ2n) is 5.21. The van der Waals surface area contributed by atoms with E-state index in [1.165, 1.54) is 31.8 Å². The van der Waals surface area contributed by atoms with E-state index in [-0.39, 0.29) is 5.54 Å². The Bertz CT molecular complexity index is 251. The van der Waals surface area contributed by atoms with Gasteiger partial charge in [-0.25, -0.2) is 0 Å². The van der Waals surface area contributed by atoms with E-state index in [1.54, 1.807) is 0 Å². The first-order valence-electron chi connectivity index (χ1n) is 6.32. The third-order valence-electron chi connectivity index (χ3n) is 4.22. The fraction of sp³-hybridized carbons (Fsp3) is 0.846. The second kappa shape index (κ2) is 4.86. The molecule has 0 atom stereocenters. The number of hydrogen-bond donors (Lipinski definition) is 0. The lowest BCUT2D eigenvalue weighted by molar-refractivity contribution is -0.0254. The van der Waals surface area contributed by atoms with Gasteiger partial charge in [0, 0.05) is 44.9 Å². The summed E-state index contributed by atoms with van der Waals surface area (Å²) in [4.78, 5) is 5.04. The highest BCUT2D eigenvalue weighted by molar-refractivity contribution is 5.16. The Morgan fingerprint density at radius 1 is 1.12 bits per heavy atom. The van der Waals surface area contributed by atoms with Gasteiger partial charge in [-0.1, -0.05) is 12.2 Å². The van der Waals surface area contributed by atoms with E-state index in [4.69, 9.17) is 4.74 Å². The molecule has 3 heteroatoms. The van der Waals surface area contributed by atoms with E-state index < -0.39 is 0 Å². The van der Waals surface area contributed by atoms with E-state index in [9.17, 15) is 0 Å². The molecule has 92 valence electrons. The standard InChI is InChI=1S/C13H24N2O/c1-12(2)13(4-10-16-11-5-13)15-8-6-14(3)7-9-15/h1,4-11H2,2-3H3. The molecular formula is C13H24N2O. The SMILES string of the molecule is C=C(C)C1(N2CCN(C)CC2)CCOCC1. The summed E-state index contributed by atoms with van der Waals surface area (Å²) in [6, 6.07) is 0. The molecule has 0 spiro atoms. The number of hydrogen-bond acceptors (Lipinski definition) is 3. The van der Waals surface area contributed by atoms with Crippen LogP contribution >= 0.6 is 0 Å². The molecule has 2 aliphatic heterocycles. The number of nitrogens with zero attached hydrogens (tertiary/aromatic N) is 2. The molecule has 0 aliphatic carbocycles. The topological polar surface area (TPSA) is 15.7 Å². The van der Waals surface area contributed by atoms with Crippen molar-refractivity contribution in [2.24, 2.45) is 0 Å². The molecule has 16 heavy (non-hydrogen) atoms. The van der Waals surface area contributed by atoms with Gasteiger partial charge in [-0.15, -0.1) is 0 Å². The maximum atomic E-state index is 5.51. The zero-order chi connectivity index (χ0) is 11.6. The molecule has 2 fully saturated rings. The first-order valence-corrected chi connectivity index (χ1v) is 6.32. The molecule has 3 nitrogen and oxygen atoms in total. The van der Waals surface area contributed by atoms with Gasteiger partial charge in [0.05, 0.1) is 0 Å². The normalized spacial score (nSPS) is 27.9. The third kappa shape index (κ3) is 2.17. The fourth-order valence-corrected chi connectivity index (χ4v) is 2.96. The van der Waals surface area contributed by atoms with Crippen molar-refractivity contribution in [3.8, 4) is 0 Å². The maximum absolute atomic E-state index is 5.51. The van der Waals surface area contributed by atoms with Crippen LogP contribution < -0.4 is 0 Å². The molecule has 0 amide bonds. The summed E-state index contributed by atoms with van der Waals surface area (Å²) in [5.74, 6) is 0. The summed E-state index contributed by atoms with van der Waals surface area (Å²) in [5, 5.41) is 0. The quantitative estimate of drug-likeness (QED) is 0.659. The summed E-state index contributed by atoms with van der Waals surface area (Å²) in [7, 11) is 2.20. The monoisotopic (exact) mass is 224 g/mol. The van der Waals surface area contributed by atoms with E-state index in [0.717, 1.165) is 26.1 Å². The predicted molar refractivity (Wildman–Crippen MR) is 66.7 cm³/mol. The van der Waals surface area contributed by atoms with Crippen molar-refractivity contribution in [1.29, 1.82) is 0 Å². The van der Waals surface area contributed by atoms with Gasteiger partial charge in [0.25, 0.3) is 0 Å². The van der Waals surface area contributed by atoms with Gasteiger partial charge >= 0.3 is 0 Å². The Balaban J connectivity index is 2.09. The molecule has 0 saturated carbocycles. The molecule has 0 unspecified atom stereocenters. The van der Waals surface area contributed by atoms with E-state index in [2.05, 4.69) is 30.4 Å². The Labute approximate surface area is 99.1 Å². The van der Waals surface area contributed by atoms with Crippen molar-refractivity contribution in [3.63, 3.8) is 0 Å². The molecule has 2 heterocycles. The molecule has 0 aromatic carbocycles. The first-order chi connectivity index (χ1) is 7.65. The zero-order valence-electron chi connectivity index (χ0n) is 10.7. The average molecular weight is 224 g/mol. The van der Waals surface area contributed by atoms with Crippen LogP contribution in [0.5, 0.6) is 0 Å². The Kier molecular flexibility index (Phi) is 3.67. The van der Waals surface area contributed by atoms with Crippen molar-refractivity contribution in [2.45, 2.75) is 25.3 Å². The second-order valence-corrected chi connectivity index (χ2v) is 5.21. The molecule has 0 aromatic rings. The van der Waals surface area contributed by atoms with Crippen LogP contribution in [0.1, 0.15) is 19.8 Å². The third-order valence-corrected chi connectivity index (χ3v) is 4.22. The number of rotatable bonds is 2. The highest BCUT2D eigenvalue weighted by atomic mass is 16.5. The summed E-state index contributed by atoms with van der Waals surface area (Å²) >= 11 is 0. The van der Waals surface area contributed by atoms with Gasteiger partial charge in [0.15, 0.2) is 0 Å². The van der Waals surface area contributed by atoms with Crippen LogP contribution in [0.4, 0.5) is 0 Å². The number of piperazine rings is 1. The van der Waals surface area contributed by atoms with Gasteiger partial charge < -0.3 is 9.64 Å². The minimum atomic E-state index is 0.222. The minimum absolute atomic E-state index is 0.222. The number of ether oxygens (including phenoxy) is 1. The first kappa shape index (κ1) is 12.1. The van der Waals surface area contributed by atoms with Gasteiger partial charge in [-0.3, -0.25) is 4.90 Å². The lowest BCUT2D eigenvalue weighted by atomic mass is 9.81. The van der Waals surface area contributed by atoms with Crippen LogP contribution in [0.25, 0.3) is 0 Å². The Morgan fingerprint density at radius 2 is 1.69 bits per heavy atom. The average Bonchev–Trinajstić information content (AvgIpc) is 2.30. The lowest BCUT2D eigenvalue weighted by Crippen LogP contribution is -2.58. The molecule has 2 saturated heterocycles. The van der Waals surface area contributed by atoms with E-state index in [1.807, 2.05) is 0 Å². The highest BCUT2D eigenvalue weighted by Gasteiger charge is 2.39. The van der Waals surface area contributed by atoms with Crippen LogP contribution in [0.15, 0.2) is 12.2 Å². The van der Waals surface area contributed by atoms with Crippen LogP contribution in [-0.2, 0) is 4.74 Å². The van der Waals surface area contributed by atoms with Gasteiger partial charge in [0.1, 0.15) is 0 Å². The zero-order valence-corrected chi connectivity index (χ0v) is 10.7. The van der Waals surface area contributed by atoms with Crippen LogP contribution in [0, 0.1) is 0 Å². The van der Waals surface area contributed by atoms with E-state index in [0.29, 0.717) is 0 Å². The smallest absolute Gasteiger partial charge is 0.0486 e. The molecule has 2 rings (SSSR count).